The van der Waals surface area contributed by atoms with Crippen molar-refractivity contribution in [2.45, 2.75) is 45.8 Å². The first-order chi connectivity index (χ1) is 17.5. The standard InChI is InChI=1S/C28H29F3N2O4/c1-17-4-7-21(22-8-9-23(29)25(31)24(22)30)20(14-17)15-32-12-10-28(11-13-32)16-33(27(36)37-28)19(3)6-5-18(2)26(34)35/h4-9,14H,10-13,15-16H2,1-3H3,(H,34,35)/b18-5+,19-6+. The lowest BCUT2D eigenvalue weighted by Crippen LogP contribution is -2.46. The Kier molecular flexibility index (Phi) is 7.45. The topological polar surface area (TPSA) is 70.1 Å². The van der Waals surface area contributed by atoms with E-state index >= 15 is 0 Å². The number of halogens is 3. The number of aliphatic carboxylic acids is 1. The molecule has 2 aromatic rings. The molecule has 0 aromatic heterocycles. The van der Waals surface area contributed by atoms with Crippen molar-refractivity contribution in [2.24, 2.45) is 0 Å². The van der Waals surface area contributed by atoms with Gasteiger partial charge >= 0.3 is 12.1 Å². The van der Waals surface area contributed by atoms with Crippen LogP contribution < -0.4 is 0 Å². The average molecular weight is 515 g/mol. The molecular formula is C28H29F3N2O4. The van der Waals surface area contributed by atoms with Crippen LogP contribution in [0, 0.1) is 24.4 Å². The predicted molar refractivity (Wildman–Crippen MR) is 132 cm³/mol. The highest BCUT2D eigenvalue weighted by atomic mass is 19.2. The molecule has 0 unspecified atom stereocenters. The summed E-state index contributed by atoms with van der Waals surface area (Å²) in [6.07, 6.45) is 3.77. The Morgan fingerprint density at radius 1 is 1.05 bits per heavy atom. The lowest BCUT2D eigenvalue weighted by molar-refractivity contribution is -0.132. The van der Waals surface area contributed by atoms with Crippen LogP contribution in [0.2, 0.25) is 0 Å². The Morgan fingerprint density at radius 3 is 2.41 bits per heavy atom. The Bertz CT molecular complexity index is 1300. The Morgan fingerprint density at radius 2 is 1.73 bits per heavy atom. The number of rotatable bonds is 6. The van der Waals surface area contributed by atoms with Crippen molar-refractivity contribution in [3.8, 4) is 11.1 Å². The molecule has 6 nitrogen and oxygen atoms in total. The van der Waals surface area contributed by atoms with Gasteiger partial charge < -0.3 is 9.84 Å². The fraction of sp³-hybridized carbons (Fsp3) is 0.357. The van der Waals surface area contributed by atoms with Crippen LogP contribution in [0.3, 0.4) is 0 Å². The molecule has 0 bridgehead atoms. The molecule has 9 heteroatoms. The van der Waals surface area contributed by atoms with Gasteiger partial charge in [-0.05, 0) is 50.1 Å². The summed E-state index contributed by atoms with van der Waals surface area (Å²) in [5.41, 5.74) is 2.39. The fourth-order valence-corrected chi connectivity index (χ4v) is 4.77. The van der Waals surface area contributed by atoms with Crippen molar-refractivity contribution in [1.29, 1.82) is 0 Å². The SMILES string of the molecule is C/C(=C\C=C(/C)N1CC2(CCN(Cc3cc(C)ccc3-c3ccc(F)c(F)c3F)CC2)OC1=O)C(=O)O. The van der Waals surface area contributed by atoms with E-state index in [0.29, 0.717) is 50.3 Å². The highest BCUT2D eigenvalue weighted by Crippen LogP contribution is 2.36. The molecule has 0 atom stereocenters. The van der Waals surface area contributed by atoms with Crippen LogP contribution in [0.5, 0.6) is 0 Å². The van der Waals surface area contributed by atoms with Gasteiger partial charge in [0.05, 0.1) is 6.54 Å². The normalized spacial score (nSPS) is 18.4. The summed E-state index contributed by atoms with van der Waals surface area (Å²) >= 11 is 0. The monoisotopic (exact) mass is 514 g/mol. The fourth-order valence-electron chi connectivity index (χ4n) is 4.77. The summed E-state index contributed by atoms with van der Waals surface area (Å²) in [7, 11) is 0. The number of hydrogen-bond acceptors (Lipinski definition) is 4. The van der Waals surface area contributed by atoms with Crippen LogP contribution in [0.25, 0.3) is 11.1 Å². The largest absolute Gasteiger partial charge is 0.478 e. The third-order valence-corrected chi connectivity index (χ3v) is 7.06. The highest BCUT2D eigenvalue weighted by Gasteiger charge is 2.47. The number of ether oxygens (including phenoxy) is 1. The smallest absolute Gasteiger partial charge is 0.414 e. The number of amides is 1. The number of carboxylic acid groups (broad SMARTS) is 1. The van der Waals surface area contributed by atoms with E-state index in [2.05, 4.69) is 4.90 Å². The number of likely N-dealkylation sites (tertiary alicyclic amines) is 1. The number of nitrogens with zero attached hydrogens (tertiary/aromatic N) is 2. The molecule has 2 fully saturated rings. The molecule has 1 spiro atoms. The van der Waals surface area contributed by atoms with Gasteiger partial charge in [0.1, 0.15) is 5.60 Å². The van der Waals surface area contributed by atoms with E-state index < -0.39 is 35.1 Å². The van der Waals surface area contributed by atoms with Crippen molar-refractivity contribution >= 4 is 12.1 Å². The van der Waals surface area contributed by atoms with Gasteiger partial charge in [-0.3, -0.25) is 9.80 Å². The van der Waals surface area contributed by atoms with E-state index in [4.69, 9.17) is 9.84 Å². The maximum absolute atomic E-state index is 14.6. The quantitative estimate of drug-likeness (QED) is 0.300. The molecule has 37 heavy (non-hydrogen) atoms. The summed E-state index contributed by atoms with van der Waals surface area (Å²) in [5.74, 6) is -4.96. The Hall–Kier alpha value is -3.59. The summed E-state index contributed by atoms with van der Waals surface area (Å²) in [4.78, 5) is 27.3. The second-order valence-corrected chi connectivity index (χ2v) is 9.76. The number of benzene rings is 2. The zero-order chi connectivity index (χ0) is 26.9. The Labute approximate surface area is 213 Å². The van der Waals surface area contributed by atoms with Gasteiger partial charge in [0.2, 0.25) is 0 Å². The molecule has 2 aromatic carbocycles. The first-order valence-corrected chi connectivity index (χ1v) is 12.0. The number of aryl methyl sites for hydroxylation is 1. The predicted octanol–water partition coefficient (Wildman–Crippen LogP) is 5.80. The average Bonchev–Trinajstić information content (AvgIpc) is 3.18. The molecule has 2 heterocycles. The van der Waals surface area contributed by atoms with Crippen molar-refractivity contribution in [1.82, 2.24) is 9.80 Å². The highest BCUT2D eigenvalue weighted by molar-refractivity contribution is 5.86. The number of allylic oxidation sites excluding steroid dienone is 3. The van der Waals surface area contributed by atoms with E-state index in [-0.39, 0.29) is 11.1 Å². The summed E-state index contributed by atoms with van der Waals surface area (Å²) in [6, 6.07) is 7.62. The zero-order valence-corrected chi connectivity index (χ0v) is 21.0. The second-order valence-electron chi connectivity index (χ2n) is 9.76. The molecular weight excluding hydrogens is 485 g/mol. The van der Waals surface area contributed by atoms with Gasteiger partial charge in [0.25, 0.3) is 0 Å². The van der Waals surface area contributed by atoms with Crippen LogP contribution in [0.1, 0.15) is 37.8 Å². The van der Waals surface area contributed by atoms with E-state index in [0.717, 1.165) is 17.2 Å². The van der Waals surface area contributed by atoms with Crippen LogP contribution >= 0.6 is 0 Å². The van der Waals surface area contributed by atoms with Gasteiger partial charge in [-0.25, -0.2) is 22.8 Å². The zero-order valence-electron chi connectivity index (χ0n) is 21.0. The van der Waals surface area contributed by atoms with Crippen molar-refractivity contribution in [3.05, 3.63) is 82.3 Å². The minimum Gasteiger partial charge on any atom is -0.478 e. The van der Waals surface area contributed by atoms with E-state index in [1.807, 2.05) is 13.0 Å². The molecule has 1 N–H and O–H groups in total. The molecule has 2 aliphatic heterocycles. The minimum atomic E-state index is -1.49. The lowest BCUT2D eigenvalue weighted by Gasteiger charge is -2.37. The molecule has 0 saturated carbocycles. The van der Waals surface area contributed by atoms with Crippen LogP contribution in [-0.2, 0) is 16.1 Å². The Balaban J connectivity index is 1.47. The van der Waals surface area contributed by atoms with Crippen LogP contribution in [0.15, 0.2) is 53.8 Å². The van der Waals surface area contributed by atoms with Gasteiger partial charge in [-0.15, -0.1) is 0 Å². The molecule has 0 aliphatic carbocycles. The molecule has 0 radical (unpaired) electrons. The molecule has 2 saturated heterocycles. The second kappa shape index (κ2) is 10.4. The number of hydrogen-bond donors (Lipinski definition) is 1. The maximum atomic E-state index is 14.6. The lowest BCUT2D eigenvalue weighted by atomic mass is 9.90. The van der Waals surface area contributed by atoms with Gasteiger partial charge in [0, 0.05) is 49.3 Å². The maximum Gasteiger partial charge on any atom is 0.414 e. The van der Waals surface area contributed by atoms with Gasteiger partial charge in [-0.2, -0.15) is 0 Å². The van der Waals surface area contributed by atoms with Crippen LogP contribution in [-0.4, -0.2) is 52.2 Å². The number of piperidine rings is 1. The van der Waals surface area contributed by atoms with Crippen molar-refractivity contribution in [2.75, 3.05) is 19.6 Å². The van der Waals surface area contributed by atoms with Crippen molar-refractivity contribution < 1.29 is 32.6 Å². The van der Waals surface area contributed by atoms with E-state index in [1.54, 1.807) is 25.1 Å². The first kappa shape index (κ1) is 26.5. The first-order valence-electron chi connectivity index (χ1n) is 12.0. The van der Waals surface area contributed by atoms with E-state index in [9.17, 15) is 22.8 Å². The third kappa shape index (κ3) is 5.56. The summed E-state index contributed by atoms with van der Waals surface area (Å²) in [6.45, 7) is 7.21. The number of carbonyl (C=O) groups excluding carboxylic acids is 1. The molecule has 196 valence electrons. The number of carbonyl (C=O) groups is 2. The van der Waals surface area contributed by atoms with E-state index in [1.165, 1.54) is 24.0 Å². The molecule has 4 rings (SSSR count). The number of carboxylic acids is 1. The van der Waals surface area contributed by atoms with Crippen LogP contribution in [0.4, 0.5) is 18.0 Å². The molecule has 1 amide bonds. The van der Waals surface area contributed by atoms with Gasteiger partial charge in [0.15, 0.2) is 17.5 Å². The van der Waals surface area contributed by atoms with Crippen molar-refractivity contribution in [3.63, 3.8) is 0 Å². The summed E-state index contributed by atoms with van der Waals surface area (Å²) < 4.78 is 47.8. The van der Waals surface area contributed by atoms with Gasteiger partial charge in [-0.1, -0.05) is 29.8 Å². The minimum absolute atomic E-state index is 0.0113. The summed E-state index contributed by atoms with van der Waals surface area (Å²) in [5, 5.41) is 9.02. The third-order valence-electron chi connectivity index (χ3n) is 7.06. The molecule has 2 aliphatic rings.